The molecule has 0 bridgehead atoms. The van der Waals surface area contributed by atoms with Crippen LogP contribution in [-0.4, -0.2) is 32.1 Å². The van der Waals surface area contributed by atoms with Gasteiger partial charge in [-0.3, -0.25) is 14.4 Å². The van der Waals surface area contributed by atoms with E-state index in [9.17, 15) is 18.8 Å². The number of aryl methyl sites for hydroxylation is 1. The fraction of sp³-hybridized carbons (Fsp3) is 0.250. The van der Waals surface area contributed by atoms with Crippen LogP contribution in [0.25, 0.3) is 0 Å². The van der Waals surface area contributed by atoms with E-state index in [4.69, 9.17) is 17.3 Å². The van der Waals surface area contributed by atoms with E-state index >= 15 is 0 Å². The molecule has 9 nitrogen and oxygen atoms in total. The molecule has 1 aliphatic rings. The number of ketones is 1. The third kappa shape index (κ3) is 4.08. The van der Waals surface area contributed by atoms with Gasteiger partial charge in [0.25, 0.3) is 17.6 Å². The van der Waals surface area contributed by atoms with Gasteiger partial charge in [-0.05, 0) is 25.8 Å². The van der Waals surface area contributed by atoms with Crippen molar-refractivity contribution >= 4 is 51.4 Å². The number of aromatic nitrogens is 3. The maximum absolute atomic E-state index is 13.4. The summed E-state index contributed by atoms with van der Waals surface area (Å²) in [7, 11) is 0. The van der Waals surface area contributed by atoms with Crippen molar-refractivity contribution in [2.45, 2.75) is 32.9 Å². The zero-order valence-corrected chi connectivity index (χ0v) is 18.4. The van der Waals surface area contributed by atoms with Crippen molar-refractivity contribution in [1.82, 2.24) is 19.9 Å². The van der Waals surface area contributed by atoms with E-state index in [1.165, 1.54) is 36.7 Å². The monoisotopic (exact) mass is 476 g/mol. The largest absolute Gasteiger partial charge is 0.375 e. The summed E-state index contributed by atoms with van der Waals surface area (Å²) >= 11 is 7.64. The lowest BCUT2D eigenvalue weighted by Crippen LogP contribution is -2.31. The van der Waals surface area contributed by atoms with E-state index < -0.39 is 23.5 Å². The number of Topliss-reactive ketones (excluding diaryl/α,β-unsaturated/α-hetero) is 1. The SMILES string of the molecule is Cc1cc(NC(=O)c2c(Cl)c(C(=O)C(=O)NCc3cnc(N)s3)n3c2CCC3)cnc1F. The van der Waals surface area contributed by atoms with Crippen LogP contribution in [0.1, 0.15) is 43.4 Å². The Labute approximate surface area is 190 Å². The first-order chi connectivity index (χ1) is 15.3. The second-order valence-corrected chi connectivity index (χ2v) is 8.73. The molecule has 0 saturated carbocycles. The normalized spacial score (nSPS) is 12.5. The van der Waals surface area contributed by atoms with Gasteiger partial charge in [0.1, 0.15) is 5.69 Å². The quantitative estimate of drug-likeness (QED) is 0.285. The predicted molar refractivity (Wildman–Crippen MR) is 117 cm³/mol. The van der Waals surface area contributed by atoms with E-state index in [0.717, 1.165) is 0 Å². The molecule has 3 aromatic heterocycles. The van der Waals surface area contributed by atoms with E-state index in [-0.39, 0.29) is 34.1 Å². The summed E-state index contributed by atoms with van der Waals surface area (Å²) in [6.07, 6.45) is 3.93. The van der Waals surface area contributed by atoms with E-state index in [1.54, 1.807) is 4.57 Å². The van der Waals surface area contributed by atoms with Gasteiger partial charge >= 0.3 is 0 Å². The molecule has 4 N–H and O–H groups in total. The Morgan fingerprint density at radius 1 is 1.31 bits per heavy atom. The molecule has 0 unspecified atom stereocenters. The number of halogens is 2. The van der Waals surface area contributed by atoms with Gasteiger partial charge in [-0.2, -0.15) is 4.39 Å². The molecule has 0 aromatic carbocycles. The molecule has 166 valence electrons. The number of anilines is 2. The van der Waals surface area contributed by atoms with Gasteiger partial charge < -0.3 is 20.9 Å². The number of hydrogen-bond acceptors (Lipinski definition) is 7. The van der Waals surface area contributed by atoms with Crippen LogP contribution in [0.2, 0.25) is 5.02 Å². The summed E-state index contributed by atoms with van der Waals surface area (Å²) in [5.41, 5.74) is 6.79. The van der Waals surface area contributed by atoms with Gasteiger partial charge in [-0.1, -0.05) is 11.6 Å². The minimum Gasteiger partial charge on any atom is -0.375 e. The van der Waals surface area contributed by atoms with Crippen LogP contribution in [0.4, 0.5) is 15.2 Å². The van der Waals surface area contributed by atoms with E-state index in [2.05, 4.69) is 20.6 Å². The molecule has 0 aliphatic carbocycles. The van der Waals surface area contributed by atoms with Crippen LogP contribution in [-0.2, 0) is 24.3 Å². The number of nitrogens with zero attached hydrogens (tertiary/aromatic N) is 3. The predicted octanol–water partition coefficient (Wildman–Crippen LogP) is 2.72. The maximum Gasteiger partial charge on any atom is 0.294 e. The Hall–Kier alpha value is -3.31. The molecule has 0 spiro atoms. The summed E-state index contributed by atoms with van der Waals surface area (Å²) in [6.45, 7) is 2.07. The third-order valence-electron chi connectivity index (χ3n) is 5.02. The van der Waals surface area contributed by atoms with Crippen molar-refractivity contribution < 1.29 is 18.8 Å². The van der Waals surface area contributed by atoms with Crippen LogP contribution in [0.3, 0.4) is 0 Å². The molecule has 0 radical (unpaired) electrons. The molecular weight excluding hydrogens is 459 g/mol. The van der Waals surface area contributed by atoms with Gasteiger partial charge in [-0.15, -0.1) is 11.3 Å². The second-order valence-electron chi connectivity index (χ2n) is 7.20. The number of rotatable bonds is 6. The maximum atomic E-state index is 13.4. The molecule has 32 heavy (non-hydrogen) atoms. The Morgan fingerprint density at radius 2 is 2.09 bits per heavy atom. The molecule has 3 aromatic rings. The number of hydrogen-bond donors (Lipinski definition) is 3. The Kier molecular flexibility index (Phi) is 5.94. The smallest absolute Gasteiger partial charge is 0.294 e. The van der Waals surface area contributed by atoms with Crippen molar-refractivity contribution in [3.05, 3.63) is 56.8 Å². The first kappa shape index (κ1) is 21.9. The van der Waals surface area contributed by atoms with Gasteiger partial charge in [0, 0.05) is 28.9 Å². The van der Waals surface area contributed by atoms with Crippen molar-refractivity contribution in [3.8, 4) is 0 Å². The first-order valence-corrected chi connectivity index (χ1v) is 10.8. The van der Waals surface area contributed by atoms with Crippen LogP contribution in [0.5, 0.6) is 0 Å². The van der Waals surface area contributed by atoms with Crippen LogP contribution in [0, 0.1) is 12.9 Å². The average Bonchev–Trinajstić information content (AvgIpc) is 3.44. The fourth-order valence-corrected chi connectivity index (χ4v) is 4.58. The first-order valence-electron chi connectivity index (χ1n) is 9.63. The van der Waals surface area contributed by atoms with Crippen molar-refractivity contribution in [2.75, 3.05) is 11.1 Å². The summed E-state index contributed by atoms with van der Waals surface area (Å²) < 4.78 is 15.0. The third-order valence-corrected chi connectivity index (χ3v) is 6.22. The lowest BCUT2D eigenvalue weighted by molar-refractivity contribution is -0.117. The highest BCUT2D eigenvalue weighted by atomic mass is 35.5. The number of carbonyl (C=O) groups excluding carboxylic acids is 3. The van der Waals surface area contributed by atoms with Crippen LogP contribution in [0.15, 0.2) is 18.5 Å². The lowest BCUT2D eigenvalue weighted by Gasteiger charge is -2.07. The Morgan fingerprint density at radius 3 is 2.78 bits per heavy atom. The minimum atomic E-state index is -0.851. The van der Waals surface area contributed by atoms with Crippen LogP contribution < -0.4 is 16.4 Å². The fourth-order valence-electron chi connectivity index (χ4n) is 3.58. The number of nitrogens with one attached hydrogen (secondary N) is 2. The second kappa shape index (κ2) is 8.67. The molecule has 4 heterocycles. The highest BCUT2D eigenvalue weighted by molar-refractivity contribution is 7.15. The molecule has 0 saturated heterocycles. The molecule has 1 aliphatic heterocycles. The summed E-state index contributed by atoms with van der Waals surface area (Å²) in [4.78, 5) is 46.5. The van der Waals surface area contributed by atoms with E-state index in [1.807, 2.05) is 0 Å². The highest BCUT2D eigenvalue weighted by Crippen LogP contribution is 2.34. The van der Waals surface area contributed by atoms with Gasteiger partial charge in [0.05, 0.1) is 29.0 Å². The summed E-state index contributed by atoms with van der Waals surface area (Å²) in [6, 6.07) is 1.44. The Bertz CT molecular complexity index is 1250. The lowest BCUT2D eigenvalue weighted by atomic mass is 10.1. The number of pyridine rings is 1. The standard InChI is InChI=1S/C20H18ClFN6O3S/c1-9-5-10(6-24-17(9)22)27-18(30)13-12-3-2-4-28(12)15(14(13)21)16(29)19(31)25-7-11-8-26-20(23)32-11/h5-6,8H,2-4,7H2,1H3,(H2,23,26)(H,25,31)(H,27,30). The molecular formula is C20H18ClFN6O3S. The number of nitrogen functional groups attached to an aromatic ring is 1. The van der Waals surface area contributed by atoms with Gasteiger partial charge in [0.2, 0.25) is 5.95 Å². The number of fused-ring (bicyclic) bond motifs is 1. The Balaban J connectivity index is 1.58. The number of nitrogens with two attached hydrogens (primary N) is 1. The van der Waals surface area contributed by atoms with Crippen molar-refractivity contribution in [1.29, 1.82) is 0 Å². The van der Waals surface area contributed by atoms with Crippen molar-refractivity contribution in [3.63, 3.8) is 0 Å². The van der Waals surface area contributed by atoms with Gasteiger partial charge in [0.15, 0.2) is 5.13 Å². The van der Waals surface area contributed by atoms with Crippen LogP contribution >= 0.6 is 22.9 Å². The summed E-state index contributed by atoms with van der Waals surface area (Å²) in [5, 5.41) is 5.43. The number of carbonyl (C=O) groups is 3. The topological polar surface area (TPSA) is 132 Å². The van der Waals surface area contributed by atoms with Gasteiger partial charge in [-0.25, -0.2) is 9.97 Å². The van der Waals surface area contributed by atoms with E-state index in [0.29, 0.717) is 35.1 Å². The molecule has 2 amide bonds. The van der Waals surface area contributed by atoms with Crippen molar-refractivity contribution in [2.24, 2.45) is 0 Å². The molecule has 12 heteroatoms. The summed E-state index contributed by atoms with van der Waals surface area (Å²) in [5.74, 6) is -2.89. The zero-order valence-electron chi connectivity index (χ0n) is 16.9. The number of thiazole rings is 1. The zero-order chi connectivity index (χ0) is 23.0. The minimum absolute atomic E-state index is 0.0287. The highest BCUT2D eigenvalue weighted by Gasteiger charge is 2.34. The average molecular weight is 477 g/mol. The molecule has 0 fully saturated rings. The number of amides is 2. The molecule has 4 rings (SSSR count). The molecule has 0 atom stereocenters.